The quantitative estimate of drug-likeness (QED) is 0.277. The van der Waals surface area contributed by atoms with Crippen molar-refractivity contribution in [3.63, 3.8) is 0 Å². The fourth-order valence-corrected chi connectivity index (χ4v) is 3.70. The highest BCUT2D eigenvalue weighted by Gasteiger charge is 2.07. The number of hydrogen-bond acceptors (Lipinski definition) is 1. The molecule has 0 N–H and O–H groups in total. The summed E-state index contributed by atoms with van der Waals surface area (Å²) in [6.45, 7) is 8.79. The summed E-state index contributed by atoms with van der Waals surface area (Å²) in [5, 5.41) is 0. The van der Waals surface area contributed by atoms with Gasteiger partial charge in [-0.25, -0.2) is 0 Å². The molecule has 0 aliphatic carbocycles. The molecule has 0 spiro atoms. The van der Waals surface area contributed by atoms with Crippen molar-refractivity contribution in [3.05, 3.63) is 70.8 Å². The minimum atomic E-state index is 0.928. The van der Waals surface area contributed by atoms with Gasteiger partial charge in [0.25, 0.3) is 0 Å². The van der Waals surface area contributed by atoms with Crippen molar-refractivity contribution >= 4 is 12.2 Å². The fourth-order valence-electron chi connectivity index (χ4n) is 3.70. The van der Waals surface area contributed by atoms with Crippen LogP contribution in [0, 0.1) is 13.8 Å². The summed E-state index contributed by atoms with van der Waals surface area (Å²) < 4.78 is 6.44. The predicted octanol–water partition coefficient (Wildman–Crippen LogP) is 10.1. The number of unbranched alkanes of at least 4 members (excludes halogenated alkanes) is 8. The van der Waals surface area contributed by atoms with E-state index in [1.165, 1.54) is 62.5 Å². The van der Waals surface area contributed by atoms with E-state index in [0.29, 0.717) is 0 Å². The monoisotopic (exact) mass is 418 g/mol. The van der Waals surface area contributed by atoms with E-state index in [-0.39, 0.29) is 0 Å². The van der Waals surface area contributed by atoms with Crippen LogP contribution in [0.3, 0.4) is 0 Å². The second kappa shape index (κ2) is 14.7. The van der Waals surface area contributed by atoms with Crippen LogP contribution in [0.2, 0.25) is 0 Å². The maximum atomic E-state index is 6.44. The smallest absolute Gasteiger partial charge is 0.134 e. The molecule has 31 heavy (non-hydrogen) atoms. The maximum Gasteiger partial charge on any atom is 0.134 e. The molecule has 0 aromatic heterocycles. The Morgan fingerprint density at radius 1 is 0.613 bits per heavy atom. The van der Waals surface area contributed by atoms with E-state index in [0.717, 1.165) is 35.5 Å². The van der Waals surface area contributed by atoms with E-state index in [1.807, 2.05) is 0 Å². The Kier molecular flexibility index (Phi) is 11.8. The van der Waals surface area contributed by atoms with E-state index in [9.17, 15) is 0 Å². The second-order valence-electron chi connectivity index (χ2n) is 8.69. The van der Waals surface area contributed by atoms with Crippen molar-refractivity contribution in [3.8, 4) is 11.5 Å². The normalized spacial score (nSPS) is 11.6. The molecule has 0 unspecified atom stereocenters. The average molecular weight is 419 g/mol. The first-order chi connectivity index (χ1) is 15.1. The van der Waals surface area contributed by atoms with Crippen molar-refractivity contribution in [2.45, 2.75) is 91.9 Å². The Balaban J connectivity index is 2.11. The molecule has 0 aliphatic rings. The van der Waals surface area contributed by atoms with Crippen LogP contribution in [0.5, 0.6) is 11.5 Å². The van der Waals surface area contributed by atoms with Crippen molar-refractivity contribution in [2.24, 2.45) is 0 Å². The third kappa shape index (κ3) is 9.59. The molecule has 2 rings (SSSR count). The van der Waals surface area contributed by atoms with E-state index >= 15 is 0 Å². The lowest BCUT2D eigenvalue weighted by Crippen LogP contribution is -1.92. The molecule has 168 valence electrons. The topological polar surface area (TPSA) is 9.23 Å². The van der Waals surface area contributed by atoms with Gasteiger partial charge in [-0.05, 0) is 63.8 Å². The molecule has 1 nitrogen and oxygen atoms in total. The number of benzene rings is 2. The van der Waals surface area contributed by atoms with Crippen LogP contribution in [0.4, 0.5) is 0 Å². The zero-order valence-corrected chi connectivity index (χ0v) is 20.3. The third-order valence-corrected chi connectivity index (χ3v) is 5.59. The number of hydrogen-bond donors (Lipinski definition) is 0. The zero-order valence-electron chi connectivity index (χ0n) is 20.3. The fraction of sp³-hybridized carbons (Fsp3) is 0.467. The van der Waals surface area contributed by atoms with Gasteiger partial charge in [-0.1, -0.05) is 99.9 Å². The van der Waals surface area contributed by atoms with Gasteiger partial charge in [-0.3, -0.25) is 0 Å². The summed E-state index contributed by atoms with van der Waals surface area (Å²) in [6, 6.07) is 12.9. The molecule has 0 saturated carbocycles. The van der Waals surface area contributed by atoms with Gasteiger partial charge in [0.2, 0.25) is 0 Å². The van der Waals surface area contributed by atoms with Crippen LogP contribution < -0.4 is 4.74 Å². The van der Waals surface area contributed by atoms with Crippen LogP contribution in [0.15, 0.2) is 48.6 Å². The zero-order chi connectivity index (χ0) is 22.3. The van der Waals surface area contributed by atoms with Gasteiger partial charge >= 0.3 is 0 Å². The van der Waals surface area contributed by atoms with E-state index in [4.69, 9.17) is 4.74 Å². The maximum absolute atomic E-state index is 6.44. The molecule has 0 fully saturated rings. The minimum Gasteiger partial charge on any atom is -0.456 e. The lowest BCUT2D eigenvalue weighted by atomic mass is 10.1. The molecule has 0 amide bonds. The summed E-state index contributed by atoms with van der Waals surface area (Å²) in [6.07, 6.45) is 21.7. The van der Waals surface area contributed by atoms with Crippen molar-refractivity contribution in [1.82, 2.24) is 0 Å². The molecule has 0 heterocycles. The minimum absolute atomic E-state index is 0.928. The summed E-state index contributed by atoms with van der Waals surface area (Å²) in [5.74, 6) is 1.86. The van der Waals surface area contributed by atoms with Gasteiger partial charge in [0, 0.05) is 11.1 Å². The third-order valence-electron chi connectivity index (χ3n) is 5.59. The SMILES string of the molecule is CCCCCCC=Cc1cc(C)ccc1Oc1ccc(C)cc1C=CCCCCCC. The summed E-state index contributed by atoms with van der Waals surface area (Å²) in [5.41, 5.74) is 4.83. The summed E-state index contributed by atoms with van der Waals surface area (Å²) in [4.78, 5) is 0. The van der Waals surface area contributed by atoms with Crippen LogP contribution in [-0.2, 0) is 0 Å². The van der Waals surface area contributed by atoms with Crippen LogP contribution in [-0.4, -0.2) is 0 Å². The van der Waals surface area contributed by atoms with E-state index < -0.39 is 0 Å². The number of ether oxygens (including phenoxy) is 1. The Bertz CT molecular complexity index is 759. The van der Waals surface area contributed by atoms with E-state index in [1.54, 1.807) is 0 Å². The molecular formula is C30H42O. The molecule has 1 heteroatoms. The first-order valence-corrected chi connectivity index (χ1v) is 12.4. The lowest BCUT2D eigenvalue weighted by Gasteiger charge is -2.13. The first kappa shape index (κ1) is 25.0. The highest BCUT2D eigenvalue weighted by atomic mass is 16.5. The molecule has 0 aliphatic heterocycles. The van der Waals surface area contributed by atoms with Gasteiger partial charge in [-0.15, -0.1) is 0 Å². The summed E-state index contributed by atoms with van der Waals surface area (Å²) in [7, 11) is 0. The largest absolute Gasteiger partial charge is 0.456 e. The molecular weight excluding hydrogens is 376 g/mol. The highest BCUT2D eigenvalue weighted by Crippen LogP contribution is 2.31. The molecule has 0 atom stereocenters. The van der Waals surface area contributed by atoms with Crippen LogP contribution in [0.1, 0.15) is 100 Å². The van der Waals surface area contributed by atoms with Gasteiger partial charge in [0.05, 0.1) is 0 Å². The Morgan fingerprint density at radius 3 is 1.48 bits per heavy atom. The highest BCUT2D eigenvalue weighted by molar-refractivity contribution is 5.62. The molecule has 0 radical (unpaired) electrons. The number of aryl methyl sites for hydroxylation is 2. The van der Waals surface area contributed by atoms with Crippen LogP contribution in [0.25, 0.3) is 12.2 Å². The predicted molar refractivity (Wildman–Crippen MR) is 138 cm³/mol. The van der Waals surface area contributed by atoms with Crippen molar-refractivity contribution in [1.29, 1.82) is 0 Å². The average Bonchev–Trinajstić information content (AvgIpc) is 2.76. The van der Waals surface area contributed by atoms with Crippen molar-refractivity contribution in [2.75, 3.05) is 0 Å². The van der Waals surface area contributed by atoms with Gasteiger partial charge in [0.1, 0.15) is 11.5 Å². The molecule has 0 bridgehead atoms. The van der Waals surface area contributed by atoms with Gasteiger partial charge in [0.15, 0.2) is 0 Å². The number of allylic oxidation sites excluding steroid dienone is 2. The standard InChI is InChI=1S/C30H42O/c1-5-7-9-11-13-15-17-27-23-25(3)19-21-29(27)31-30-22-20-26(4)24-28(30)18-16-14-12-10-8-6-2/h15-24H,5-14H2,1-4H3. The van der Waals surface area contributed by atoms with Crippen LogP contribution >= 0.6 is 0 Å². The lowest BCUT2D eigenvalue weighted by molar-refractivity contribution is 0.480. The Morgan fingerprint density at radius 2 is 1.06 bits per heavy atom. The molecule has 2 aromatic rings. The molecule has 2 aromatic carbocycles. The van der Waals surface area contributed by atoms with E-state index in [2.05, 4.69) is 88.4 Å². The number of rotatable bonds is 14. The van der Waals surface area contributed by atoms with Crippen molar-refractivity contribution < 1.29 is 4.74 Å². The van der Waals surface area contributed by atoms with Gasteiger partial charge in [-0.2, -0.15) is 0 Å². The molecule has 0 saturated heterocycles. The second-order valence-corrected chi connectivity index (χ2v) is 8.69. The summed E-state index contributed by atoms with van der Waals surface area (Å²) >= 11 is 0. The Labute approximate surface area is 191 Å². The van der Waals surface area contributed by atoms with Gasteiger partial charge < -0.3 is 4.74 Å². The first-order valence-electron chi connectivity index (χ1n) is 12.4. The Hall–Kier alpha value is -2.28.